The van der Waals surface area contributed by atoms with Gasteiger partial charge in [-0.25, -0.2) is 19.5 Å². The fourth-order valence-electron chi connectivity index (χ4n) is 4.63. The predicted molar refractivity (Wildman–Crippen MR) is 123 cm³/mol. The molecule has 6 rings (SSSR count). The number of halogens is 3. The molecule has 10 nitrogen and oxygen atoms in total. The van der Waals surface area contributed by atoms with Gasteiger partial charge < -0.3 is 15.5 Å². The van der Waals surface area contributed by atoms with Crippen LogP contribution in [0.3, 0.4) is 0 Å². The smallest absolute Gasteiger partial charge is 0.367 e. The number of amides is 1. The van der Waals surface area contributed by atoms with Gasteiger partial charge in [0, 0.05) is 30.0 Å². The van der Waals surface area contributed by atoms with E-state index in [9.17, 15) is 18.0 Å². The molecule has 36 heavy (non-hydrogen) atoms. The number of alkyl halides is 3. The van der Waals surface area contributed by atoms with Gasteiger partial charge in [-0.15, -0.1) is 5.10 Å². The van der Waals surface area contributed by atoms with Gasteiger partial charge in [0.2, 0.25) is 5.95 Å². The molecule has 2 atom stereocenters. The number of pyridine rings is 2. The average Bonchev–Trinajstić information content (AvgIpc) is 3.56. The lowest BCUT2D eigenvalue weighted by Gasteiger charge is -2.17. The number of nitrogens with zero attached hydrogens (tertiary/aromatic N) is 7. The highest BCUT2D eigenvalue weighted by Crippen LogP contribution is 2.31. The molecule has 0 spiro atoms. The summed E-state index contributed by atoms with van der Waals surface area (Å²) in [5.74, 6) is 0.817. The van der Waals surface area contributed by atoms with Crippen LogP contribution < -0.4 is 15.5 Å². The Balaban J connectivity index is 1.06. The second-order valence-electron chi connectivity index (χ2n) is 8.84. The van der Waals surface area contributed by atoms with Gasteiger partial charge in [0.25, 0.3) is 5.91 Å². The van der Waals surface area contributed by atoms with Gasteiger partial charge in [-0.3, -0.25) is 4.79 Å². The van der Waals surface area contributed by atoms with Crippen LogP contribution in [-0.2, 0) is 12.7 Å². The predicted octanol–water partition coefficient (Wildman–Crippen LogP) is 3.54. The maximum Gasteiger partial charge on any atom is 0.416 e. The highest BCUT2D eigenvalue weighted by Gasteiger charge is 2.32. The van der Waals surface area contributed by atoms with Crippen molar-refractivity contribution in [2.45, 2.75) is 44.1 Å². The molecule has 4 aromatic heterocycles. The highest BCUT2D eigenvalue weighted by atomic mass is 19.4. The second kappa shape index (κ2) is 8.43. The van der Waals surface area contributed by atoms with Crippen LogP contribution in [0.15, 0.2) is 49.2 Å². The standard InChI is InChI=1S/C23H20F3N9O/c24-23(25,26)14-5-6-35-19(7-14)32-22(33-35)31-16-2-1-15(8-16)30-18-4-3-17(10-28-18)34-11-13-9-27-12-29-20(13)21(34)36/h3-7,9-10,12,15-16H,1-2,8,11H2,(H,28,30)(H,31,33)/t15-,16-/m0/s1. The molecule has 13 heteroatoms. The van der Waals surface area contributed by atoms with E-state index in [4.69, 9.17) is 0 Å². The highest BCUT2D eigenvalue weighted by molar-refractivity contribution is 6.08. The Morgan fingerprint density at radius 3 is 2.61 bits per heavy atom. The van der Waals surface area contributed by atoms with Gasteiger partial charge in [-0.1, -0.05) is 0 Å². The zero-order valence-electron chi connectivity index (χ0n) is 18.8. The van der Waals surface area contributed by atoms with Gasteiger partial charge >= 0.3 is 6.18 Å². The van der Waals surface area contributed by atoms with Crippen molar-refractivity contribution < 1.29 is 18.0 Å². The number of anilines is 3. The van der Waals surface area contributed by atoms with Crippen molar-refractivity contribution in [1.82, 2.24) is 29.5 Å². The zero-order chi connectivity index (χ0) is 24.9. The first-order valence-corrected chi connectivity index (χ1v) is 11.4. The monoisotopic (exact) mass is 495 g/mol. The van der Waals surface area contributed by atoms with Crippen LogP contribution in [0, 0.1) is 0 Å². The third kappa shape index (κ3) is 4.16. The molecule has 1 amide bonds. The topological polar surface area (TPSA) is 113 Å². The summed E-state index contributed by atoms with van der Waals surface area (Å²) in [6.07, 6.45) is 3.99. The molecule has 4 aromatic rings. The fraction of sp³-hybridized carbons (Fsp3) is 0.304. The van der Waals surface area contributed by atoms with Gasteiger partial charge in [0.05, 0.1) is 24.0 Å². The van der Waals surface area contributed by atoms with E-state index in [1.54, 1.807) is 17.3 Å². The number of carbonyl (C=O) groups excluding carboxylic acids is 1. The number of nitrogens with one attached hydrogen (secondary N) is 2. The minimum atomic E-state index is -4.43. The van der Waals surface area contributed by atoms with E-state index < -0.39 is 11.7 Å². The minimum Gasteiger partial charge on any atom is -0.367 e. The Kier molecular flexibility index (Phi) is 5.20. The van der Waals surface area contributed by atoms with Crippen molar-refractivity contribution in [3.05, 3.63) is 66.0 Å². The van der Waals surface area contributed by atoms with Crippen molar-refractivity contribution in [1.29, 1.82) is 0 Å². The number of hydrogen-bond donors (Lipinski definition) is 2. The zero-order valence-corrected chi connectivity index (χ0v) is 18.8. The van der Waals surface area contributed by atoms with Crippen molar-refractivity contribution in [3.63, 3.8) is 0 Å². The molecule has 1 saturated carbocycles. The number of aromatic nitrogens is 6. The van der Waals surface area contributed by atoms with Crippen LogP contribution in [-0.4, -0.2) is 47.5 Å². The van der Waals surface area contributed by atoms with E-state index in [2.05, 4.69) is 35.7 Å². The number of fused-ring (bicyclic) bond motifs is 2. The average molecular weight is 495 g/mol. The Morgan fingerprint density at radius 2 is 1.86 bits per heavy atom. The summed E-state index contributed by atoms with van der Waals surface area (Å²) < 4.78 is 40.1. The molecular formula is C23H20F3N9O. The SMILES string of the molecule is O=C1c2ncncc2CN1c1ccc(N[C@H]2CC[C@H](Nc3nc4cc(C(F)(F)F)ccn4n3)C2)nc1. The van der Waals surface area contributed by atoms with Crippen LogP contribution in [0.2, 0.25) is 0 Å². The van der Waals surface area contributed by atoms with Gasteiger partial charge in [0.1, 0.15) is 17.8 Å². The van der Waals surface area contributed by atoms with E-state index in [1.165, 1.54) is 17.0 Å². The molecular weight excluding hydrogens is 475 g/mol. The quantitative estimate of drug-likeness (QED) is 0.432. The summed E-state index contributed by atoms with van der Waals surface area (Å²) in [4.78, 5) is 30.9. The molecule has 0 saturated heterocycles. The lowest BCUT2D eigenvalue weighted by atomic mass is 10.2. The largest absolute Gasteiger partial charge is 0.416 e. The number of hydrogen-bond acceptors (Lipinski definition) is 8. The van der Waals surface area contributed by atoms with Gasteiger partial charge in [0.15, 0.2) is 5.65 Å². The van der Waals surface area contributed by atoms with Crippen molar-refractivity contribution in [2.75, 3.05) is 15.5 Å². The minimum absolute atomic E-state index is 0.0723. The lowest BCUT2D eigenvalue weighted by Crippen LogP contribution is -2.24. The third-order valence-corrected chi connectivity index (χ3v) is 6.41. The van der Waals surface area contributed by atoms with Crippen LogP contribution in [0.5, 0.6) is 0 Å². The van der Waals surface area contributed by atoms with E-state index >= 15 is 0 Å². The first kappa shape index (κ1) is 22.2. The van der Waals surface area contributed by atoms with Crippen LogP contribution in [0.4, 0.5) is 30.6 Å². The van der Waals surface area contributed by atoms with E-state index in [0.29, 0.717) is 29.7 Å². The molecule has 2 aliphatic rings. The van der Waals surface area contributed by atoms with Crippen molar-refractivity contribution >= 4 is 29.0 Å². The maximum atomic E-state index is 12.9. The Bertz CT molecular complexity index is 1440. The molecule has 0 radical (unpaired) electrons. The lowest BCUT2D eigenvalue weighted by molar-refractivity contribution is -0.137. The molecule has 0 aromatic carbocycles. The Hall–Kier alpha value is -4.29. The molecule has 1 aliphatic carbocycles. The van der Waals surface area contributed by atoms with Crippen LogP contribution in [0.1, 0.15) is 40.9 Å². The van der Waals surface area contributed by atoms with E-state index in [0.717, 1.165) is 37.0 Å². The maximum absolute atomic E-state index is 12.9. The number of carbonyl (C=O) groups is 1. The molecule has 2 N–H and O–H groups in total. The Morgan fingerprint density at radius 1 is 1.03 bits per heavy atom. The van der Waals surface area contributed by atoms with Gasteiger partial charge in [-0.05, 0) is 43.5 Å². The fourth-order valence-corrected chi connectivity index (χ4v) is 4.63. The summed E-state index contributed by atoms with van der Waals surface area (Å²) in [5.41, 5.74) is 1.26. The first-order valence-electron chi connectivity index (χ1n) is 11.4. The summed E-state index contributed by atoms with van der Waals surface area (Å²) in [5, 5.41) is 10.9. The molecule has 184 valence electrons. The summed E-state index contributed by atoms with van der Waals surface area (Å²) in [7, 11) is 0. The third-order valence-electron chi connectivity index (χ3n) is 6.41. The van der Waals surface area contributed by atoms with Crippen molar-refractivity contribution in [3.8, 4) is 0 Å². The Labute approximate surface area is 202 Å². The summed E-state index contributed by atoms with van der Waals surface area (Å²) in [6.45, 7) is 0.411. The summed E-state index contributed by atoms with van der Waals surface area (Å²) >= 11 is 0. The van der Waals surface area contributed by atoms with Gasteiger partial charge in [-0.2, -0.15) is 18.2 Å². The molecule has 0 unspecified atom stereocenters. The van der Waals surface area contributed by atoms with Crippen LogP contribution >= 0.6 is 0 Å². The second-order valence-corrected chi connectivity index (χ2v) is 8.84. The summed E-state index contributed by atoms with van der Waals surface area (Å²) in [6, 6.07) is 5.86. The molecule has 5 heterocycles. The van der Waals surface area contributed by atoms with Crippen molar-refractivity contribution in [2.24, 2.45) is 0 Å². The van der Waals surface area contributed by atoms with Crippen LogP contribution in [0.25, 0.3) is 5.65 Å². The first-order chi connectivity index (χ1) is 17.3. The van der Waals surface area contributed by atoms with E-state index in [-0.39, 0.29) is 23.6 Å². The molecule has 1 fully saturated rings. The molecule has 0 bridgehead atoms. The number of rotatable bonds is 5. The van der Waals surface area contributed by atoms with E-state index in [1.807, 2.05) is 12.1 Å². The molecule has 1 aliphatic heterocycles. The normalized spacial score (nSPS) is 19.6.